The van der Waals surface area contributed by atoms with E-state index >= 15 is 0 Å². The molecule has 1 unspecified atom stereocenters. The van der Waals surface area contributed by atoms with Gasteiger partial charge in [-0.1, -0.05) is 6.92 Å². The van der Waals surface area contributed by atoms with E-state index in [1.165, 1.54) is 5.56 Å². The molecule has 0 aromatic carbocycles. The summed E-state index contributed by atoms with van der Waals surface area (Å²) in [6.45, 7) is 5.34. The summed E-state index contributed by atoms with van der Waals surface area (Å²) in [5.41, 5.74) is 6.27. The van der Waals surface area contributed by atoms with Gasteiger partial charge in [0.15, 0.2) is 0 Å². The first-order valence-corrected chi connectivity index (χ1v) is 4.81. The van der Waals surface area contributed by atoms with E-state index in [0.717, 1.165) is 6.54 Å². The van der Waals surface area contributed by atoms with Crippen molar-refractivity contribution < 1.29 is 4.79 Å². The quantitative estimate of drug-likeness (QED) is 0.724. The van der Waals surface area contributed by atoms with Crippen molar-refractivity contribution in [1.29, 1.82) is 0 Å². The molecule has 1 rings (SSSR count). The Morgan fingerprint density at radius 2 is 2.43 bits per heavy atom. The van der Waals surface area contributed by atoms with E-state index in [2.05, 4.69) is 19.2 Å². The molecule has 1 atom stereocenters. The third kappa shape index (κ3) is 2.88. The molecule has 3 N–H and O–H groups in total. The Bertz CT molecular complexity index is 306. The molecule has 4 nitrogen and oxygen atoms in total. The lowest BCUT2D eigenvalue weighted by Gasteiger charge is -2.09. The first-order valence-electron chi connectivity index (χ1n) is 4.81. The normalized spacial score (nSPS) is 12.7. The van der Waals surface area contributed by atoms with Gasteiger partial charge in [-0.2, -0.15) is 0 Å². The number of aromatic nitrogens is 1. The molecule has 14 heavy (non-hydrogen) atoms. The summed E-state index contributed by atoms with van der Waals surface area (Å²) in [6, 6.07) is 2.31. The minimum atomic E-state index is -0.316. The molecule has 0 spiro atoms. The largest absolute Gasteiger partial charge is 0.368 e. The second-order valence-electron chi connectivity index (χ2n) is 3.36. The Kier molecular flexibility index (Phi) is 3.71. The average molecular weight is 195 g/mol. The lowest BCUT2D eigenvalue weighted by atomic mass is 10.2. The molecule has 1 aromatic rings. The van der Waals surface area contributed by atoms with E-state index in [4.69, 9.17) is 5.73 Å². The van der Waals surface area contributed by atoms with Gasteiger partial charge in [-0.3, -0.25) is 4.79 Å². The number of rotatable bonds is 5. The predicted octanol–water partition coefficient (Wildman–Crippen LogP) is 0.644. The molecule has 1 heterocycles. The first-order chi connectivity index (χ1) is 6.63. The van der Waals surface area contributed by atoms with Crippen LogP contribution in [0.25, 0.3) is 0 Å². The molecule has 0 saturated heterocycles. The summed E-state index contributed by atoms with van der Waals surface area (Å²) in [4.78, 5) is 10.7. The zero-order valence-electron chi connectivity index (χ0n) is 8.66. The highest BCUT2D eigenvalue weighted by molar-refractivity contribution is 5.73. The molecule has 78 valence electrons. The summed E-state index contributed by atoms with van der Waals surface area (Å²) in [7, 11) is 0. The van der Waals surface area contributed by atoms with Crippen molar-refractivity contribution in [3.05, 3.63) is 24.0 Å². The number of nitrogens with zero attached hydrogens (tertiary/aromatic N) is 1. The standard InChI is InChI=1S/C10H17N3O/c1-3-12-8(2)9-4-5-13(6-9)7-10(11)14/h4-6,8,12H,3,7H2,1-2H3,(H2,11,14). The van der Waals surface area contributed by atoms with Crippen LogP contribution in [0.3, 0.4) is 0 Å². The maximum atomic E-state index is 10.7. The van der Waals surface area contributed by atoms with Crippen LogP contribution in [0.5, 0.6) is 0 Å². The van der Waals surface area contributed by atoms with Gasteiger partial charge < -0.3 is 15.6 Å². The number of nitrogens with two attached hydrogens (primary N) is 1. The summed E-state index contributed by atoms with van der Waals surface area (Å²) in [6.07, 6.45) is 3.81. The predicted molar refractivity (Wildman–Crippen MR) is 55.7 cm³/mol. The smallest absolute Gasteiger partial charge is 0.237 e. The van der Waals surface area contributed by atoms with Gasteiger partial charge in [0.1, 0.15) is 6.54 Å². The number of primary amides is 1. The Morgan fingerprint density at radius 1 is 1.71 bits per heavy atom. The highest BCUT2D eigenvalue weighted by Crippen LogP contribution is 2.11. The Hall–Kier alpha value is -1.29. The summed E-state index contributed by atoms with van der Waals surface area (Å²) < 4.78 is 1.80. The van der Waals surface area contributed by atoms with E-state index in [9.17, 15) is 4.79 Å². The molecule has 0 bridgehead atoms. The zero-order chi connectivity index (χ0) is 10.6. The molecule has 4 heteroatoms. The average Bonchev–Trinajstić information content (AvgIpc) is 2.52. The van der Waals surface area contributed by atoms with Crippen LogP contribution in [0.2, 0.25) is 0 Å². The molecule has 0 fully saturated rings. The lowest BCUT2D eigenvalue weighted by molar-refractivity contribution is -0.118. The molecule has 1 amide bonds. The van der Waals surface area contributed by atoms with Crippen molar-refractivity contribution in [1.82, 2.24) is 9.88 Å². The summed E-state index contributed by atoms with van der Waals surface area (Å²) >= 11 is 0. The highest BCUT2D eigenvalue weighted by Gasteiger charge is 2.05. The van der Waals surface area contributed by atoms with Crippen molar-refractivity contribution in [2.75, 3.05) is 6.54 Å². The minimum absolute atomic E-state index is 0.249. The number of carbonyl (C=O) groups is 1. The molecule has 1 aromatic heterocycles. The third-order valence-electron chi connectivity index (χ3n) is 2.12. The number of hydrogen-bond donors (Lipinski definition) is 2. The van der Waals surface area contributed by atoms with Crippen LogP contribution in [0.15, 0.2) is 18.5 Å². The fraction of sp³-hybridized carbons (Fsp3) is 0.500. The van der Waals surface area contributed by atoms with Crippen molar-refractivity contribution >= 4 is 5.91 Å². The molecule has 0 aliphatic rings. The fourth-order valence-electron chi connectivity index (χ4n) is 1.42. The van der Waals surface area contributed by atoms with Gasteiger partial charge >= 0.3 is 0 Å². The number of nitrogens with one attached hydrogen (secondary N) is 1. The third-order valence-corrected chi connectivity index (χ3v) is 2.12. The van der Waals surface area contributed by atoms with E-state index in [1.54, 1.807) is 4.57 Å². The molecule has 0 saturated carbocycles. The first kappa shape index (κ1) is 10.8. The topological polar surface area (TPSA) is 60.1 Å². The summed E-state index contributed by atoms with van der Waals surface area (Å²) in [5.74, 6) is -0.316. The van der Waals surface area contributed by atoms with E-state index in [1.807, 2.05) is 18.5 Å². The number of amides is 1. The highest BCUT2D eigenvalue weighted by atomic mass is 16.1. The Morgan fingerprint density at radius 3 is 3.00 bits per heavy atom. The molecule has 0 radical (unpaired) electrons. The van der Waals surface area contributed by atoms with Gasteiger partial charge in [-0.05, 0) is 25.1 Å². The monoisotopic (exact) mass is 195 g/mol. The van der Waals surface area contributed by atoms with Crippen molar-refractivity contribution in [2.24, 2.45) is 5.73 Å². The fourth-order valence-corrected chi connectivity index (χ4v) is 1.42. The zero-order valence-corrected chi connectivity index (χ0v) is 8.66. The van der Waals surface area contributed by atoms with E-state index in [0.29, 0.717) is 6.04 Å². The Labute approximate surface area is 84.1 Å². The second-order valence-corrected chi connectivity index (χ2v) is 3.36. The van der Waals surface area contributed by atoms with Gasteiger partial charge in [-0.25, -0.2) is 0 Å². The summed E-state index contributed by atoms with van der Waals surface area (Å²) in [5, 5.41) is 3.30. The molecular formula is C10H17N3O. The van der Waals surface area contributed by atoms with Crippen molar-refractivity contribution in [3.8, 4) is 0 Å². The molecule has 0 aliphatic heterocycles. The SMILES string of the molecule is CCNC(C)c1ccn(CC(N)=O)c1. The van der Waals surface area contributed by atoms with Crippen LogP contribution in [0, 0.1) is 0 Å². The van der Waals surface area contributed by atoms with Crippen molar-refractivity contribution in [3.63, 3.8) is 0 Å². The van der Waals surface area contributed by atoms with Crippen LogP contribution < -0.4 is 11.1 Å². The number of carbonyl (C=O) groups excluding carboxylic acids is 1. The van der Waals surface area contributed by atoms with Crippen LogP contribution >= 0.6 is 0 Å². The van der Waals surface area contributed by atoms with E-state index < -0.39 is 0 Å². The number of hydrogen-bond acceptors (Lipinski definition) is 2. The van der Waals surface area contributed by atoms with Crippen LogP contribution in [-0.4, -0.2) is 17.0 Å². The second kappa shape index (κ2) is 4.81. The van der Waals surface area contributed by atoms with Crippen LogP contribution in [0.1, 0.15) is 25.5 Å². The van der Waals surface area contributed by atoms with E-state index in [-0.39, 0.29) is 12.5 Å². The van der Waals surface area contributed by atoms with Crippen LogP contribution in [-0.2, 0) is 11.3 Å². The maximum absolute atomic E-state index is 10.7. The van der Waals surface area contributed by atoms with Gasteiger partial charge in [-0.15, -0.1) is 0 Å². The van der Waals surface area contributed by atoms with Gasteiger partial charge in [0.2, 0.25) is 5.91 Å². The Balaban J connectivity index is 2.62. The maximum Gasteiger partial charge on any atom is 0.237 e. The molecular weight excluding hydrogens is 178 g/mol. The van der Waals surface area contributed by atoms with Crippen molar-refractivity contribution in [2.45, 2.75) is 26.4 Å². The lowest BCUT2D eigenvalue weighted by Crippen LogP contribution is -2.18. The minimum Gasteiger partial charge on any atom is -0.368 e. The van der Waals surface area contributed by atoms with Gasteiger partial charge in [0.05, 0.1) is 0 Å². The van der Waals surface area contributed by atoms with Crippen LogP contribution in [0.4, 0.5) is 0 Å². The molecule has 0 aliphatic carbocycles. The van der Waals surface area contributed by atoms with Gasteiger partial charge in [0, 0.05) is 18.4 Å². The van der Waals surface area contributed by atoms with Gasteiger partial charge in [0.25, 0.3) is 0 Å².